The van der Waals surface area contributed by atoms with Crippen LogP contribution < -0.4 is 5.32 Å². The molecule has 0 saturated carbocycles. The summed E-state index contributed by atoms with van der Waals surface area (Å²) in [5.41, 5.74) is 2.58. The molecule has 0 aliphatic heterocycles. The first-order valence-electron chi connectivity index (χ1n) is 8.01. The molecule has 27 heavy (non-hydrogen) atoms. The Balaban J connectivity index is 1.84. The minimum atomic E-state index is -1.09. The van der Waals surface area contributed by atoms with E-state index in [2.05, 4.69) is 15.3 Å². The number of fused-ring (bicyclic) bond motifs is 1. The van der Waals surface area contributed by atoms with Crippen LogP contribution in [-0.2, 0) is 0 Å². The van der Waals surface area contributed by atoms with E-state index in [0.717, 1.165) is 5.56 Å². The van der Waals surface area contributed by atoms with Gasteiger partial charge in [0.1, 0.15) is 11.5 Å². The fraction of sp³-hybridized carbons (Fsp3) is 0.0526. The number of anilines is 1. The Morgan fingerprint density at radius 1 is 0.926 bits per heavy atom. The molecule has 8 heteroatoms. The number of aliphatic hydroxyl groups is 1. The smallest absolute Gasteiger partial charge is 0.169 e. The van der Waals surface area contributed by atoms with E-state index < -0.39 is 6.23 Å². The quantitative estimate of drug-likeness (QED) is 0.431. The van der Waals surface area contributed by atoms with Crippen LogP contribution in [0.4, 0.5) is 5.82 Å². The molecule has 0 spiro atoms. The first-order chi connectivity index (χ1) is 13.0. The first-order valence-corrected chi connectivity index (χ1v) is 9.14. The van der Waals surface area contributed by atoms with Crippen molar-refractivity contribution in [3.8, 4) is 11.3 Å². The van der Waals surface area contributed by atoms with Crippen LogP contribution in [0.3, 0.4) is 0 Å². The number of nitrogens with one attached hydrogen (secondary N) is 1. The van der Waals surface area contributed by atoms with Crippen LogP contribution >= 0.6 is 34.8 Å². The first kappa shape index (κ1) is 18.1. The number of rotatable bonds is 4. The van der Waals surface area contributed by atoms with Crippen LogP contribution in [0.5, 0.6) is 0 Å². The summed E-state index contributed by atoms with van der Waals surface area (Å²) < 4.78 is 1.78. The Morgan fingerprint density at radius 3 is 2.41 bits per heavy atom. The average molecular weight is 420 g/mol. The van der Waals surface area contributed by atoms with Crippen LogP contribution in [0.15, 0.2) is 60.9 Å². The Morgan fingerprint density at radius 2 is 1.67 bits per heavy atom. The molecule has 0 radical (unpaired) electrons. The fourth-order valence-electron chi connectivity index (χ4n) is 2.81. The van der Waals surface area contributed by atoms with Crippen LogP contribution in [0.2, 0.25) is 15.1 Å². The molecule has 1 unspecified atom stereocenters. The third-order valence-corrected chi connectivity index (χ3v) is 4.73. The molecule has 3 heterocycles. The molecule has 0 aliphatic carbocycles. The van der Waals surface area contributed by atoms with Gasteiger partial charge in [0.05, 0.1) is 11.4 Å². The van der Waals surface area contributed by atoms with E-state index in [-0.39, 0.29) is 0 Å². The molecule has 2 N–H and O–H groups in total. The molecular weight excluding hydrogens is 407 g/mol. The van der Waals surface area contributed by atoms with Crippen molar-refractivity contribution in [3.63, 3.8) is 0 Å². The minimum absolute atomic E-state index is 0.445. The number of hydrogen-bond donors (Lipinski definition) is 2. The lowest BCUT2D eigenvalue weighted by molar-refractivity contribution is 0.202. The van der Waals surface area contributed by atoms with Gasteiger partial charge in [-0.3, -0.25) is 4.40 Å². The predicted octanol–water partition coefficient (Wildman–Crippen LogP) is 5.46. The van der Waals surface area contributed by atoms with Gasteiger partial charge in [0.25, 0.3) is 0 Å². The molecule has 5 nitrogen and oxygen atoms in total. The summed E-state index contributed by atoms with van der Waals surface area (Å²) in [6.45, 7) is 0. The van der Waals surface area contributed by atoms with E-state index in [9.17, 15) is 5.11 Å². The Labute approximate surface area is 170 Å². The van der Waals surface area contributed by atoms with Gasteiger partial charge in [-0.1, -0.05) is 46.9 Å². The second-order valence-corrected chi connectivity index (χ2v) is 7.14. The molecule has 4 rings (SSSR count). The largest absolute Gasteiger partial charge is 0.368 e. The van der Waals surface area contributed by atoms with E-state index in [1.165, 1.54) is 0 Å². The van der Waals surface area contributed by atoms with Gasteiger partial charge in [-0.15, -0.1) is 0 Å². The SMILES string of the molecule is OC(Nc1cc(Cl)ccn1)c1c(-c2ccc(Cl)cc2)nc2cc(Cl)ccn12. The summed E-state index contributed by atoms with van der Waals surface area (Å²) in [5, 5.41) is 15.5. The highest BCUT2D eigenvalue weighted by Crippen LogP contribution is 2.31. The molecule has 3 aromatic heterocycles. The maximum Gasteiger partial charge on any atom is 0.169 e. The summed E-state index contributed by atoms with van der Waals surface area (Å²) in [5.74, 6) is 0.445. The Hall–Kier alpha value is -2.31. The van der Waals surface area contributed by atoms with E-state index in [4.69, 9.17) is 34.8 Å². The molecule has 0 amide bonds. The number of pyridine rings is 2. The molecule has 4 aromatic rings. The van der Waals surface area contributed by atoms with E-state index in [1.54, 1.807) is 53.2 Å². The maximum atomic E-state index is 10.9. The van der Waals surface area contributed by atoms with Crippen molar-refractivity contribution in [2.24, 2.45) is 0 Å². The number of nitrogens with zero attached hydrogens (tertiary/aromatic N) is 3. The summed E-state index contributed by atoms with van der Waals surface area (Å²) in [7, 11) is 0. The van der Waals surface area contributed by atoms with Crippen molar-refractivity contribution in [3.05, 3.63) is 81.7 Å². The maximum absolute atomic E-state index is 10.9. The minimum Gasteiger partial charge on any atom is -0.368 e. The van der Waals surface area contributed by atoms with Crippen molar-refractivity contribution < 1.29 is 5.11 Å². The van der Waals surface area contributed by atoms with Crippen molar-refractivity contribution >= 4 is 46.3 Å². The normalized spacial score (nSPS) is 12.3. The van der Waals surface area contributed by atoms with Gasteiger partial charge in [-0.2, -0.15) is 0 Å². The van der Waals surface area contributed by atoms with E-state index >= 15 is 0 Å². The fourth-order valence-corrected chi connectivity index (χ4v) is 3.25. The highest BCUT2D eigenvalue weighted by molar-refractivity contribution is 6.31. The molecule has 1 aromatic carbocycles. The van der Waals surface area contributed by atoms with Crippen molar-refractivity contribution in [2.75, 3.05) is 5.32 Å². The lowest BCUT2D eigenvalue weighted by Gasteiger charge is -2.15. The van der Waals surface area contributed by atoms with Gasteiger partial charge < -0.3 is 10.4 Å². The second kappa shape index (κ2) is 7.37. The van der Waals surface area contributed by atoms with E-state index in [0.29, 0.717) is 37.9 Å². The number of aromatic nitrogens is 3. The van der Waals surface area contributed by atoms with Crippen LogP contribution in [0.25, 0.3) is 16.9 Å². The molecule has 0 aliphatic rings. The van der Waals surface area contributed by atoms with Gasteiger partial charge in [-0.25, -0.2) is 9.97 Å². The summed E-state index contributed by atoms with van der Waals surface area (Å²) in [6, 6.07) is 14.0. The number of benzene rings is 1. The van der Waals surface area contributed by atoms with Crippen LogP contribution in [-0.4, -0.2) is 19.5 Å². The van der Waals surface area contributed by atoms with Crippen LogP contribution in [0, 0.1) is 0 Å². The highest BCUT2D eigenvalue weighted by atomic mass is 35.5. The zero-order valence-electron chi connectivity index (χ0n) is 13.8. The third-order valence-electron chi connectivity index (χ3n) is 4.01. The summed E-state index contributed by atoms with van der Waals surface area (Å²) in [4.78, 5) is 8.82. The molecule has 1 atom stereocenters. The van der Waals surface area contributed by atoms with Gasteiger partial charge in [0.15, 0.2) is 6.23 Å². The zero-order chi connectivity index (χ0) is 19.0. The lowest BCUT2D eigenvalue weighted by Crippen LogP contribution is -2.14. The van der Waals surface area contributed by atoms with Crippen molar-refractivity contribution in [1.29, 1.82) is 0 Å². The Bertz CT molecular complexity index is 1110. The molecule has 136 valence electrons. The highest BCUT2D eigenvalue weighted by Gasteiger charge is 2.21. The number of hydrogen-bond acceptors (Lipinski definition) is 4. The molecule has 0 saturated heterocycles. The second-order valence-electron chi connectivity index (χ2n) is 5.83. The average Bonchev–Trinajstić information content (AvgIpc) is 3.01. The molecule has 0 bridgehead atoms. The topological polar surface area (TPSA) is 62.5 Å². The summed E-state index contributed by atoms with van der Waals surface area (Å²) >= 11 is 18.1. The lowest BCUT2D eigenvalue weighted by atomic mass is 10.1. The zero-order valence-corrected chi connectivity index (χ0v) is 16.0. The monoisotopic (exact) mass is 418 g/mol. The van der Waals surface area contributed by atoms with Crippen molar-refractivity contribution in [1.82, 2.24) is 14.4 Å². The predicted molar refractivity (Wildman–Crippen MR) is 108 cm³/mol. The Kier molecular flexibility index (Phi) is 4.93. The van der Waals surface area contributed by atoms with Gasteiger partial charge in [0.2, 0.25) is 0 Å². The summed E-state index contributed by atoms with van der Waals surface area (Å²) in [6.07, 6.45) is 2.24. The number of halogens is 3. The number of imidazole rings is 1. The molecule has 0 fully saturated rings. The standard InChI is InChI=1S/C19H13Cl3N4O/c20-12-3-1-11(2-4-12)17-18(26-8-6-14(22)10-16(26)25-17)19(27)24-15-9-13(21)5-7-23-15/h1-10,19,27H,(H,23,24). The van der Waals surface area contributed by atoms with Gasteiger partial charge >= 0.3 is 0 Å². The van der Waals surface area contributed by atoms with E-state index in [1.807, 2.05) is 12.1 Å². The van der Waals surface area contributed by atoms with Gasteiger partial charge in [0, 0.05) is 39.1 Å². The third kappa shape index (κ3) is 3.73. The number of aliphatic hydroxyl groups excluding tert-OH is 1. The van der Waals surface area contributed by atoms with Gasteiger partial charge in [-0.05, 0) is 30.3 Å². The van der Waals surface area contributed by atoms with Crippen molar-refractivity contribution in [2.45, 2.75) is 6.23 Å². The molecular formula is C19H13Cl3N4O. The van der Waals surface area contributed by atoms with Crippen LogP contribution in [0.1, 0.15) is 11.9 Å².